The number of benzene rings is 2. The molecular formula is C21H23BrN2OS2. The maximum absolute atomic E-state index is 5.87. The van der Waals surface area contributed by atoms with Crippen molar-refractivity contribution in [3.63, 3.8) is 0 Å². The predicted molar refractivity (Wildman–Crippen MR) is 123 cm³/mol. The number of nitrogens with zero attached hydrogens (tertiary/aromatic N) is 2. The molecule has 2 aromatic carbocycles. The minimum Gasteiger partial charge on any atom is -0.489 e. The van der Waals surface area contributed by atoms with Crippen LogP contribution in [0.15, 0.2) is 59.1 Å². The molecule has 3 nitrogen and oxygen atoms in total. The van der Waals surface area contributed by atoms with Crippen molar-refractivity contribution in [2.75, 3.05) is 38.8 Å². The number of likely N-dealkylation sites (N-methyl/N-ethyl adjacent to an activating group) is 1. The lowest BCUT2D eigenvalue weighted by atomic mass is 10.1. The SMILES string of the molecule is CSCCN(C)CC=CCOc1ccc2c(-c3ccc(Br)cc3)nsc2c1. The molecule has 0 unspecified atom stereocenters. The second-order valence-corrected chi connectivity index (χ2v) is 8.94. The van der Waals surface area contributed by atoms with Crippen LogP contribution in [0.2, 0.25) is 0 Å². The van der Waals surface area contributed by atoms with Crippen molar-refractivity contribution >= 4 is 49.3 Å². The number of aromatic nitrogens is 1. The van der Waals surface area contributed by atoms with Gasteiger partial charge < -0.3 is 9.64 Å². The Morgan fingerprint density at radius 2 is 2.00 bits per heavy atom. The first kappa shape index (κ1) is 20.4. The van der Waals surface area contributed by atoms with Crippen molar-refractivity contribution in [2.24, 2.45) is 0 Å². The fraction of sp³-hybridized carbons (Fsp3) is 0.286. The van der Waals surface area contributed by atoms with Crippen molar-refractivity contribution in [3.8, 4) is 17.0 Å². The third-order valence-corrected chi connectivity index (χ3v) is 6.10. The van der Waals surface area contributed by atoms with Crippen LogP contribution in [0.5, 0.6) is 5.75 Å². The number of hydrogen-bond donors (Lipinski definition) is 0. The second kappa shape index (κ2) is 10.3. The van der Waals surface area contributed by atoms with Gasteiger partial charge in [0.25, 0.3) is 0 Å². The highest BCUT2D eigenvalue weighted by atomic mass is 79.9. The van der Waals surface area contributed by atoms with E-state index >= 15 is 0 Å². The molecule has 0 N–H and O–H groups in total. The van der Waals surface area contributed by atoms with E-state index in [0.29, 0.717) is 6.61 Å². The predicted octanol–water partition coefficient (Wildman–Crippen LogP) is 5.96. The molecule has 0 atom stereocenters. The van der Waals surface area contributed by atoms with E-state index in [4.69, 9.17) is 4.74 Å². The molecule has 0 aliphatic heterocycles. The molecule has 0 radical (unpaired) electrons. The van der Waals surface area contributed by atoms with E-state index in [9.17, 15) is 0 Å². The molecule has 3 rings (SSSR count). The number of ether oxygens (including phenoxy) is 1. The van der Waals surface area contributed by atoms with Gasteiger partial charge in [-0.1, -0.05) is 40.2 Å². The molecule has 0 fully saturated rings. The third kappa shape index (κ3) is 5.82. The van der Waals surface area contributed by atoms with Gasteiger partial charge in [0.05, 0.1) is 10.4 Å². The number of rotatable bonds is 9. The summed E-state index contributed by atoms with van der Waals surface area (Å²) in [6.07, 6.45) is 6.39. The smallest absolute Gasteiger partial charge is 0.121 e. The summed E-state index contributed by atoms with van der Waals surface area (Å²) < 4.78 is 12.7. The van der Waals surface area contributed by atoms with Crippen LogP contribution >= 0.6 is 39.2 Å². The van der Waals surface area contributed by atoms with Crippen LogP contribution < -0.4 is 4.74 Å². The largest absolute Gasteiger partial charge is 0.489 e. The Kier molecular flexibility index (Phi) is 7.76. The summed E-state index contributed by atoms with van der Waals surface area (Å²) in [5.74, 6) is 2.05. The van der Waals surface area contributed by atoms with Gasteiger partial charge >= 0.3 is 0 Å². The summed E-state index contributed by atoms with van der Waals surface area (Å²) >= 11 is 6.87. The summed E-state index contributed by atoms with van der Waals surface area (Å²) in [4.78, 5) is 2.31. The van der Waals surface area contributed by atoms with Gasteiger partial charge in [-0.25, -0.2) is 0 Å². The summed E-state index contributed by atoms with van der Waals surface area (Å²) in [5, 5.41) is 1.17. The standard InChI is InChI=1S/C21H23BrN2OS2/c1-24(12-14-26-2)11-3-4-13-25-18-9-10-19-20(15-18)27-23-21(19)16-5-7-17(22)8-6-16/h3-10,15H,11-14H2,1-2H3. The van der Waals surface area contributed by atoms with E-state index in [0.717, 1.165) is 45.0 Å². The molecule has 0 saturated carbocycles. The van der Waals surface area contributed by atoms with Crippen molar-refractivity contribution in [2.45, 2.75) is 0 Å². The van der Waals surface area contributed by atoms with Crippen LogP contribution in [0.1, 0.15) is 0 Å². The van der Waals surface area contributed by atoms with Gasteiger partial charge in [0.1, 0.15) is 12.4 Å². The first-order chi connectivity index (χ1) is 13.2. The maximum atomic E-state index is 5.87. The lowest BCUT2D eigenvalue weighted by Crippen LogP contribution is -2.21. The zero-order chi connectivity index (χ0) is 19.1. The Labute approximate surface area is 177 Å². The third-order valence-electron chi connectivity index (χ3n) is 4.17. The highest BCUT2D eigenvalue weighted by Gasteiger charge is 2.09. The molecule has 6 heteroatoms. The Morgan fingerprint density at radius 1 is 1.19 bits per heavy atom. The number of fused-ring (bicyclic) bond motifs is 1. The van der Waals surface area contributed by atoms with Gasteiger partial charge in [0.15, 0.2) is 0 Å². The monoisotopic (exact) mass is 462 g/mol. The fourth-order valence-electron chi connectivity index (χ4n) is 2.63. The summed E-state index contributed by atoms with van der Waals surface area (Å²) in [6, 6.07) is 14.5. The van der Waals surface area contributed by atoms with Gasteiger partial charge in [-0.3, -0.25) is 0 Å². The summed E-state index contributed by atoms with van der Waals surface area (Å²) in [6.45, 7) is 2.64. The fourth-order valence-corrected chi connectivity index (χ4v) is 4.21. The molecule has 1 aromatic heterocycles. The zero-order valence-electron chi connectivity index (χ0n) is 15.5. The lowest BCUT2D eigenvalue weighted by molar-refractivity contribution is 0.360. The van der Waals surface area contributed by atoms with E-state index in [1.807, 2.05) is 30.0 Å². The van der Waals surface area contributed by atoms with E-state index in [1.165, 1.54) is 16.9 Å². The lowest BCUT2D eigenvalue weighted by Gasteiger charge is -2.12. The number of thioether (sulfide) groups is 1. The van der Waals surface area contributed by atoms with E-state index in [1.54, 1.807) is 0 Å². The van der Waals surface area contributed by atoms with Crippen LogP contribution in [0.4, 0.5) is 0 Å². The van der Waals surface area contributed by atoms with E-state index in [2.05, 4.69) is 74.9 Å². The van der Waals surface area contributed by atoms with Crippen molar-refractivity contribution < 1.29 is 4.74 Å². The molecule has 3 aromatic rings. The molecule has 142 valence electrons. The molecule has 0 aliphatic carbocycles. The average Bonchev–Trinajstić information content (AvgIpc) is 3.10. The topological polar surface area (TPSA) is 25.4 Å². The quantitative estimate of drug-likeness (QED) is 0.366. The molecule has 0 spiro atoms. The maximum Gasteiger partial charge on any atom is 0.121 e. The second-order valence-electron chi connectivity index (χ2n) is 6.23. The van der Waals surface area contributed by atoms with Crippen LogP contribution in [0.3, 0.4) is 0 Å². The van der Waals surface area contributed by atoms with E-state index in [-0.39, 0.29) is 0 Å². The van der Waals surface area contributed by atoms with Crippen LogP contribution in [-0.2, 0) is 0 Å². The van der Waals surface area contributed by atoms with E-state index < -0.39 is 0 Å². The highest BCUT2D eigenvalue weighted by molar-refractivity contribution is 9.10. The summed E-state index contributed by atoms with van der Waals surface area (Å²) in [7, 11) is 2.14. The van der Waals surface area contributed by atoms with Crippen LogP contribution in [-0.4, -0.2) is 48.0 Å². The minimum absolute atomic E-state index is 0.584. The first-order valence-electron chi connectivity index (χ1n) is 8.78. The molecule has 1 heterocycles. The van der Waals surface area contributed by atoms with Crippen LogP contribution in [0.25, 0.3) is 21.3 Å². The number of halogens is 1. The number of hydrogen-bond acceptors (Lipinski definition) is 5. The van der Waals surface area contributed by atoms with Gasteiger partial charge in [-0.05, 0) is 55.2 Å². The molecule has 0 aliphatic rings. The van der Waals surface area contributed by atoms with Gasteiger partial charge in [-0.15, -0.1) is 0 Å². The van der Waals surface area contributed by atoms with Crippen molar-refractivity contribution in [1.82, 2.24) is 9.27 Å². The molecule has 27 heavy (non-hydrogen) atoms. The van der Waals surface area contributed by atoms with Crippen molar-refractivity contribution in [3.05, 3.63) is 59.1 Å². The zero-order valence-corrected chi connectivity index (χ0v) is 18.7. The molecule has 0 bridgehead atoms. The van der Waals surface area contributed by atoms with Crippen LogP contribution in [0, 0.1) is 0 Å². The molecular weight excluding hydrogens is 440 g/mol. The minimum atomic E-state index is 0.584. The summed E-state index contributed by atoms with van der Waals surface area (Å²) in [5.41, 5.74) is 2.16. The Bertz CT molecular complexity index is 893. The highest BCUT2D eigenvalue weighted by Crippen LogP contribution is 2.33. The Morgan fingerprint density at radius 3 is 2.78 bits per heavy atom. The van der Waals surface area contributed by atoms with Gasteiger partial charge in [-0.2, -0.15) is 16.1 Å². The molecule has 0 amide bonds. The first-order valence-corrected chi connectivity index (χ1v) is 11.7. The van der Waals surface area contributed by atoms with Crippen molar-refractivity contribution in [1.29, 1.82) is 0 Å². The van der Waals surface area contributed by atoms with Gasteiger partial charge in [0.2, 0.25) is 0 Å². The Balaban J connectivity index is 1.58. The molecule has 0 saturated heterocycles. The Hall–Kier alpha value is -1.34. The normalized spacial score (nSPS) is 11.7. The van der Waals surface area contributed by atoms with Gasteiger partial charge in [0, 0.05) is 34.3 Å². The average molecular weight is 463 g/mol.